The number of carbonyl (C=O) groups excluding carboxylic acids is 4. The van der Waals surface area contributed by atoms with E-state index >= 15 is 0 Å². The molecule has 4 aliphatic rings. The van der Waals surface area contributed by atoms with E-state index < -0.39 is 6.04 Å². The SMILES string of the molecule is O=C1CCC(N2Cc3cc(N4CCN(CCCN5CCN(c6ccc(C(=O)c7c(-c8ccc(O)cc8)sc8cc(O)ccc78)cc6)CC5)CC4)ccc3C2=O)C(=O)N1. The standard InChI is InChI=1S/C45H46N6O6S/c52-34-9-4-30(5-10-34)43-41(37-13-11-35(53)27-39(37)58-43)42(55)29-2-6-32(7-3-29)49-22-18-47(19-23-49)16-1-17-48-20-24-50(25-21-48)33-8-12-36-31(26-33)28-51(45(36)57)38-14-15-40(54)46-44(38)56/h2-13,26-27,38,52-53H,1,14-25,28H2,(H,46,54,56). The number of ketones is 1. The molecule has 9 rings (SSSR count). The van der Waals surface area contributed by atoms with Gasteiger partial charge < -0.3 is 24.9 Å². The van der Waals surface area contributed by atoms with Crippen LogP contribution in [0.25, 0.3) is 20.5 Å². The lowest BCUT2D eigenvalue weighted by atomic mass is 9.97. The van der Waals surface area contributed by atoms with E-state index in [0.717, 1.165) is 109 Å². The summed E-state index contributed by atoms with van der Waals surface area (Å²) in [5.41, 5.74) is 5.85. The molecular formula is C45H46N6O6S. The van der Waals surface area contributed by atoms with Crippen LogP contribution in [0.5, 0.6) is 11.5 Å². The first kappa shape index (κ1) is 37.8. The van der Waals surface area contributed by atoms with Gasteiger partial charge in [0.1, 0.15) is 17.5 Å². The van der Waals surface area contributed by atoms with Gasteiger partial charge in [-0.3, -0.25) is 34.3 Å². The zero-order valence-corrected chi connectivity index (χ0v) is 33.0. The van der Waals surface area contributed by atoms with Crippen LogP contribution in [0.2, 0.25) is 0 Å². The summed E-state index contributed by atoms with van der Waals surface area (Å²) in [6.45, 7) is 10.1. The molecule has 298 valence electrons. The lowest BCUT2D eigenvalue weighted by Crippen LogP contribution is -2.52. The Morgan fingerprint density at radius 1 is 0.724 bits per heavy atom. The number of hydrogen-bond donors (Lipinski definition) is 3. The first-order valence-electron chi connectivity index (χ1n) is 20.1. The molecule has 13 heteroatoms. The second-order valence-corrected chi connectivity index (χ2v) is 16.7. The topological polar surface area (TPSA) is 137 Å². The van der Waals surface area contributed by atoms with Crippen molar-refractivity contribution in [2.24, 2.45) is 0 Å². The number of phenolic OH excluding ortho intramolecular Hbond substituents is 2. The fourth-order valence-electron chi connectivity index (χ4n) is 8.83. The van der Waals surface area contributed by atoms with E-state index in [4.69, 9.17) is 0 Å². The molecule has 1 atom stereocenters. The average molecular weight is 799 g/mol. The number of anilines is 2. The van der Waals surface area contributed by atoms with Gasteiger partial charge in [-0.05, 0) is 122 Å². The molecule has 3 N–H and O–H groups in total. The number of carbonyl (C=O) groups is 4. The maximum absolute atomic E-state index is 14.1. The van der Waals surface area contributed by atoms with Crippen LogP contribution in [0.15, 0.2) is 84.9 Å². The van der Waals surface area contributed by atoms with Crippen LogP contribution in [-0.4, -0.2) is 120 Å². The van der Waals surface area contributed by atoms with Crippen molar-refractivity contribution in [3.8, 4) is 21.9 Å². The Bertz CT molecular complexity index is 2380. The molecule has 0 saturated carbocycles. The number of benzene rings is 4. The number of piperazine rings is 2. The molecule has 58 heavy (non-hydrogen) atoms. The molecule has 4 aliphatic heterocycles. The Morgan fingerprint density at radius 2 is 1.36 bits per heavy atom. The van der Waals surface area contributed by atoms with Gasteiger partial charge in [0.15, 0.2) is 5.78 Å². The highest BCUT2D eigenvalue weighted by atomic mass is 32.1. The van der Waals surface area contributed by atoms with Crippen LogP contribution in [0.3, 0.4) is 0 Å². The van der Waals surface area contributed by atoms with E-state index in [1.807, 2.05) is 48.5 Å². The molecule has 3 fully saturated rings. The normalized spacial score (nSPS) is 19.2. The number of nitrogens with one attached hydrogen (secondary N) is 1. The number of thiophene rings is 1. The van der Waals surface area contributed by atoms with Crippen LogP contribution < -0.4 is 15.1 Å². The first-order valence-corrected chi connectivity index (χ1v) is 20.9. The van der Waals surface area contributed by atoms with Gasteiger partial charge in [-0.25, -0.2) is 0 Å². The third-order valence-corrected chi connectivity index (χ3v) is 13.3. The lowest BCUT2D eigenvalue weighted by Gasteiger charge is -2.38. The first-order chi connectivity index (χ1) is 28.2. The Kier molecular flexibility index (Phi) is 10.3. The zero-order valence-electron chi connectivity index (χ0n) is 32.2. The number of fused-ring (bicyclic) bond motifs is 2. The van der Waals surface area contributed by atoms with Gasteiger partial charge in [0.2, 0.25) is 11.8 Å². The molecule has 0 bridgehead atoms. The summed E-state index contributed by atoms with van der Waals surface area (Å²) in [7, 11) is 0. The van der Waals surface area contributed by atoms with Crippen molar-refractivity contribution in [3.63, 3.8) is 0 Å². The summed E-state index contributed by atoms with van der Waals surface area (Å²) in [4.78, 5) is 63.5. The third-order valence-electron chi connectivity index (χ3n) is 12.1. The maximum Gasteiger partial charge on any atom is 0.255 e. The molecule has 5 heterocycles. The van der Waals surface area contributed by atoms with Gasteiger partial charge in [-0.1, -0.05) is 0 Å². The minimum Gasteiger partial charge on any atom is -0.508 e. The number of hydrogen-bond acceptors (Lipinski definition) is 11. The number of nitrogens with zero attached hydrogens (tertiary/aromatic N) is 5. The van der Waals surface area contributed by atoms with Crippen LogP contribution >= 0.6 is 11.3 Å². The Hall–Kier alpha value is -5.76. The van der Waals surface area contributed by atoms with Gasteiger partial charge in [-0.15, -0.1) is 11.3 Å². The number of piperidine rings is 1. The summed E-state index contributed by atoms with van der Waals surface area (Å²) < 4.78 is 0.832. The third kappa shape index (κ3) is 7.52. The minimum absolute atomic E-state index is 0.0705. The molecular weight excluding hydrogens is 753 g/mol. The van der Waals surface area contributed by atoms with E-state index in [2.05, 4.69) is 31.0 Å². The van der Waals surface area contributed by atoms with E-state index in [1.54, 1.807) is 35.2 Å². The Labute approximate surface area is 340 Å². The zero-order chi connectivity index (χ0) is 39.9. The lowest BCUT2D eigenvalue weighted by molar-refractivity contribution is -0.136. The molecule has 1 unspecified atom stereocenters. The summed E-state index contributed by atoms with van der Waals surface area (Å²) in [5.74, 6) is -0.556. The quantitative estimate of drug-likeness (QED) is 0.126. The molecule has 0 spiro atoms. The smallest absolute Gasteiger partial charge is 0.255 e. The second kappa shape index (κ2) is 15.9. The molecule has 5 aromatic rings. The number of rotatable bonds is 10. The van der Waals surface area contributed by atoms with E-state index in [9.17, 15) is 29.4 Å². The molecule has 4 aromatic carbocycles. The highest BCUT2D eigenvalue weighted by Gasteiger charge is 2.39. The predicted molar refractivity (Wildman–Crippen MR) is 225 cm³/mol. The predicted octanol–water partition coefficient (Wildman–Crippen LogP) is 5.31. The number of phenols is 2. The summed E-state index contributed by atoms with van der Waals surface area (Å²) >= 11 is 1.46. The van der Waals surface area contributed by atoms with Crippen LogP contribution in [-0.2, 0) is 16.1 Å². The average Bonchev–Trinajstić information content (AvgIpc) is 3.78. The van der Waals surface area contributed by atoms with Crippen molar-refractivity contribution >= 4 is 56.3 Å². The summed E-state index contributed by atoms with van der Waals surface area (Å²) in [5, 5.41) is 23.1. The number of imide groups is 1. The summed E-state index contributed by atoms with van der Waals surface area (Å²) in [6, 6.07) is 25.3. The highest BCUT2D eigenvalue weighted by Crippen LogP contribution is 2.41. The molecule has 1 aromatic heterocycles. The van der Waals surface area contributed by atoms with Crippen molar-refractivity contribution in [1.82, 2.24) is 20.0 Å². The fraction of sp³-hybridized carbons (Fsp3) is 0.333. The second-order valence-electron chi connectivity index (χ2n) is 15.7. The van der Waals surface area contributed by atoms with Crippen molar-refractivity contribution in [1.29, 1.82) is 0 Å². The van der Waals surface area contributed by atoms with Crippen molar-refractivity contribution in [2.75, 3.05) is 75.2 Å². The van der Waals surface area contributed by atoms with Crippen LogP contribution in [0, 0.1) is 0 Å². The van der Waals surface area contributed by atoms with Gasteiger partial charge in [-0.2, -0.15) is 0 Å². The Morgan fingerprint density at radius 3 is 2.03 bits per heavy atom. The van der Waals surface area contributed by atoms with Gasteiger partial charge in [0.25, 0.3) is 5.91 Å². The van der Waals surface area contributed by atoms with E-state index in [0.29, 0.717) is 29.7 Å². The molecule has 3 amide bonds. The molecule has 0 radical (unpaired) electrons. The highest BCUT2D eigenvalue weighted by molar-refractivity contribution is 7.22. The van der Waals surface area contributed by atoms with Crippen molar-refractivity contribution in [2.45, 2.75) is 31.8 Å². The van der Waals surface area contributed by atoms with Gasteiger partial charge >= 0.3 is 0 Å². The van der Waals surface area contributed by atoms with Crippen LogP contribution in [0.4, 0.5) is 11.4 Å². The number of amides is 3. The van der Waals surface area contributed by atoms with Crippen LogP contribution in [0.1, 0.15) is 51.1 Å². The fourth-order valence-corrected chi connectivity index (χ4v) is 10.1. The van der Waals surface area contributed by atoms with E-state index in [1.165, 1.54) is 11.3 Å². The molecule has 3 saturated heterocycles. The largest absolute Gasteiger partial charge is 0.508 e. The molecule has 12 nitrogen and oxygen atoms in total. The van der Waals surface area contributed by atoms with Gasteiger partial charge in [0.05, 0.1) is 0 Å². The molecule has 0 aliphatic carbocycles. The summed E-state index contributed by atoms with van der Waals surface area (Å²) in [6.07, 6.45) is 1.72. The number of aromatic hydroxyl groups is 2. The maximum atomic E-state index is 14.1. The van der Waals surface area contributed by atoms with Crippen molar-refractivity contribution < 1.29 is 29.4 Å². The monoisotopic (exact) mass is 798 g/mol. The van der Waals surface area contributed by atoms with Gasteiger partial charge in [0, 0.05) is 108 Å². The van der Waals surface area contributed by atoms with E-state index in [-0.39, 0.29) is 41.4 Å². The Balaban J connectivity index is 0.737. The van der Waals surface area contributed by atoms with Crippen molar-refractivity contribution in [3.05, 3.63) is 107 Å². The minimum atomic E-state index is -0.601.